The molecule has 2 heterocycles. The van der Waals surface area contributed by atoms with E-state index in [1.165, 1.54) is 16.9 Å². The molecule has 5 nitrogen and oxygen atoms in total. The molecule has 2 aliphatic rings. The van der Waals surface area contributed by atoms with Gasteiger partial charge in [0, 0.05) is 56.4 Å². The summed E-state index contributed by atoms with van der Waals surface area (Å²) < 4.78 is 0. The lowest BCUT2D eigenvalue weighted by Gasteiger charge is -2.34. The molecule has 1 aliphatic carbocycles. The van der Waals surface area contributed by atoms with E-state index in [1.807, 2.05) is 10.3 Å². The molecule has 2 amide bonds. The Morgan fingerprint density at radius 1 is 1.29 bits per heavy atom. The van der Waals surface area contributed by atoms with Crippen LogP contribution in [0.15, 0.2) is 5.38 Å². The molecular weight excluding hydrogens is 322 g/mol. The van der Waals surface area contributed by atoms with Crippen molar-refractivity contribution in [1.82, 2.24) is 15.1 Å². The molecule has 1 aliphatic heterocycles. The maximum atomic E-state index is 12.5. The molecule has 0 unspecified atom stereocenters. The fourth-order valence-electron chi connectivity index (χ4n) is 3.58. The summed E-state index contributed by atoms with van der Waals surface area (Å²) in [6, 6.07) is 0. The van der Waals surface area contributed by atoms with E-state index in [9.17, 15) is 9.59 Å². The third kappa shape index (κ3) is 3.98. The van der Waals surface area contributed by atoms with E-state index in [4.69, 9.17) is 0 Å². The van der Waals surface area contributed by atoms with Crippen molar-refractivity contribution in [3.63, 3.8) is 0 Å². The number of nitrogens with zero attached hydrogens (tertiary/aromatic N) is 2. The first-order valence-corrected chi connectivity index (χ1v) is 9.78. The number of carbonyl (C=O) groups excluding carboxylic acids is 2. The number of thiophene rings is 1. The molecule has 3 rings (SSSR count). The van der Waals surface area contributed by atoms with Crippen molar-refractivity contribution in [1.29, 1.82) is 0 Å². The van der Waals surface area contributed by atoms with Gasteiger partial charge in [0.25, 0.3) is 5.91 Å². The number of hydrogen-bond donors (Lipinski definition) is 1. The van der Waals surface area contributed by atoms with Crippen LogP contribution in [-0.2, 0) is 17.6 Å². The van der Waals surface area contributed by atoms with Crippen LogP contribution in [0.1, 0.15) is 41.1 Å². The normalized spacial score (nSPS) is 21.4. The summed E-state index contributed by atoms with van der Waals surface area (Å²) in [7, 11) is 0. The Bertz CT molecular complexity index is 605. The third-order valence-electron chi connectivity index (χ3n) is 5.18. The quantitative estimate of drug-likeness (QED) is 0.901. The number of carbonyl (C=O) groups is 2. The Labute approximate surface area is 148 Å². The molecule has 132 valence electrons. The summed E-state index contributed by atoms with van der Waals surface area (Å²) in [5, 5.41) is 5.10. The first-order chi connectivity index (χ1) is 11.5. The van der Waals surface area contributed by atoms with Gasteiger partial charge in [-0.2, -0.15) is 0 Å². The van der Waals surface area contributed by atoms with Crippen molar-refractivity contribution in [2.45, 2.75) is 33.1 Å². The maximum absolute atomic E-state index is 12.5. The molecule has 0 radical (unpaired) electrons. The summed E-state index contributed by atoms with van der Waals surface area (Å²) in [5.41, 5.74) is 2.17. The van der Waals surface area contributed by atoms with Crippen LogP contribution in [0.2, 0.25) is 0 Å². The van der Waals surface area contributed by atoms with Gasteiger partial charge in [-0.25, -0.2) is 0 Å². The molecule has 1 saturated heterocycles. The number of rotatable bonds is 4. The van der Waals surface area contributed by atoms with Gasteiger partial charge in [0.05, 0.1) is 5.56 Å². The fraction of sp³-hybridized carbons (Fsp3) is 0.667. The molecule has 0 aromatic carbocycles. The van der Waals surface area contributed by atoms with E-state index >= 15 is 0 Å². The highest BCUT2D eigenvalue weighted by atomic mass is 32.1. The maximum Gasteiger partial charge on any atom is 0.252 e. The molecule has 1 atom stereocenters. The van der Waals surface area contributed by atoms with E-state index in [-0.39, 0.29) is 11.8 Å². The highest BCUT2D eigenvalue weighted by molar-refractivity contribution is 7.10. The summed E-state index contributed by atoms with van der Waals surface area (Å²) in [5.74, 6) is 0.963. The number of nitrogens with one attached hydrogen (secondary N) is 1. The van der Waals surface area contributed by atoms with Crippen LogP contribution in [0.5, 0.6) is 0 Å². The number of fused-ring (bicyclic) bond motifs is 1. The Hall–Kier alpha value is -1.40. The molecule has 0 saturated carbocycles. The summed E-state index contributed by atoms with van der Waals surface area (Å²) in [6.07, 6.45) is 3.34. The lowest BCUT2D eigenvalue weighted by Crippen LogP contribution is -2.49. The molecule has 0 bridgehead atoms. The zero-order valence-corrected chi connectivity index (χ0v) is 15.5. The van der Waals surface area contributed by atoms with Crippen molar-refractivity contribution in [3.8, 4) is 0 Å². The van der Waals surface area contributed by atoms with Crippen LogP contribution in [-0.4, -0.2) is 60.9 Å². The van der Waals surface area contributed by atoms with Crippen molar-refractivity contribution < 1.29 is 9.59 Å². The second kappa shape index (κ2) is 7.66. The van der Waals surface area contributed by atoms with Gasteiger partial charge in [-0.1, -0.05) is 6.92 Å². The Morgan fingerprint density at radius 3 is 2.75 bits per heavy atom. The van der Waals surface area contributed by atoms with E-state index in [0.29, 0.717) is 6.54 Å². The minimum atomic E-state index is 0.0735. The number of amides is 2. The largest absolute Gasteiger partial charge is 0.351 e. The predicted octanol–water partition coefficient (Wildman–Crippen LogP) is 1.77. The van der Waals surface area contributed by atoms with Gasteiger partial charge in [0.1, 0.15) is 0 Å². The lowest BCUT2D eigenvalue weighted by atomic mass is 9.88. The monoisotopic (exact) mass is 349 g/mol. The molecule has 24 heavy (non-hydrogen) atoms. The van der Waals surface area contributed by atoms with Gasteiger partial charge in [-0.3, -0.25) is 14.5 Å². The SMILES string of the molecule is CC(=O)N1CCN(CCNC(=O)c2csc3c2CC[C@H](C)C3)CC1. The Kier molecular flexibility index (Phi) is 5.56. The van der Waals surface area contributed by atoms with Crippen LogP contribution >= 0.6 is 11.3 Å². The van der Waals surface area contributed by atoms with Crippen molar-refractivity contribution in [3.05, 3.63) is 21.4 Å². The molecule has 0 spiro atoms. The average Bonchev–Trinajstić information content (AvgIpc) is 2.98. The van der Waals surface area contributed by atoms with E-state index in [0.717, 1.165) is 57.0 Å². The van der Waals surface area contributed by atoms with Crippen LogP contribution in [0.3, 0.4) is 0 Å². The number of piperazine rings is 1. The van der Waals surface area contributed by atoms with Crippen LogP contribution < -0.4 is 5.32 Å². The van der Waals surface area contributed by atoms with E-state index < -0.39 is 0 Å². The molecular formula is C18H27N3O2S. The van der Waals surface area contributed by atoms with E-state index in [1.54, 1.807) is 18.3 Å². The fourth-order valence-corrected chi connectivity index (χ4v) is 4.82. The zero-order chi connectivity index (χ0) is 17.1. The smallest absolute Gasteiger partial charge is 0.252 e. The van der Waals surface area contributed by atoms with Gasteiger partial charge in [-0.15, -0.1) is 11.3 Å². The summed E-state index contributed by atoms with van der Waals surface area (Å²) >= 11 is 1.74. The van der Waals surface area contributed by atoms with Gasteiger partial charge in [0.15, 0.2) is 0 Å². The highest BCUT2D eigenvalue weighted by Gasteiger charge is 2.23. The summed E-state index contributed by atoms with van der Waals surface area (Å²) in [4.78, 5) is 29.4. The lowest BCUT2D eigenvalue weighted by molar-refractivity contribution is -0.130. The van der Waals surface area contributed by atoms with Crippen molar-refractivity contribution >= 4 is 23.2 Å². The van der Waals surface area contributed by atoms with Gasteiger partial charge >= 0.3 is 0 Å². The van der Waals surface area contributed by atoms with E-state index in [2.05, 4.69) is 17.1 Å². The topological polar surface area (TPSA) is 52.7 Å². The van der Waals surface area contributed by atoms with Crippen molar-refractivity contribution in [2.24, 2.45) is 5.92 Å². The van der Waals surface area contributed by atoms with Crippen molar-refractivity contribution in [2.75, 3.05) is 39.3 Å². The standard InChI is InChI=1S/C18H27N3O2S/c1-13-3-4-15-16(12-24-17(15)11-13)18(23)19-5-6-20-7-9-21(10-8-20)14(2)22/h12-13H,3-11H2,1-2H3,(H,19,23)/t13-/m0/s1. The molecule has 6 heteroatoms. The van der Waals surface area contributed by atoms with Gasteiger partial charge in [0.2, 0.25) is 5.91 Å². The van der Waals surface area contributed by atoms with Gasteiger partial charge in [-0.05, 0) is 30.7 Å². The third-order valence-corrected chi connectivity index (χ3v) is 6.23. The highest BCUT2D eigenvalue weighted by Crippen LogP contribution is 2.32. The van der Waals surface area contributed by atoms with Crippen LogP contribution in [0.4, 0.5) is 0 Å². The molecule has 1 aromatic rings. The van der Waals surface area contributed by atoms with Crippen LogP contribution in [0, 0.1) is 5.92 Å². The minimum Gasteiger partial charge on any atom is -0.351 e. The minimum absolute atomic E-state index is 0.0735. The zero-order valence-electron chi connectivity index (χ0n) is 14.6. The van der Waals surface area contributed by atoms with Gasteiger partial charge < -0.3 is 10.2 Å². The Morgan fingerprint density at radius 2 is 2.04 bits per heavy atom. The molecule has 1 aromatic heterocycles. The Balaban J connectivity index is 1.45. The molecule has 1 N–H and O–H groups in total. The predicted molar refractivity (Wildman–Crippen MR) is 96.5 cm³/mol. The second-order valence-electron chi connectivity index (χ2n) is 7.00. The number of hydrogen-bond acceptors (Lipinski definition) is 4. The summed E-state index contributed by atoms with van der Waals surface area (Å²) in [6.45, 7) is 8.79. The first-order valence-electron chi connectivity index (χ1n) is 8.90. The first kappa shape index (κ1) is 17.4. The van der Waals surface area contributed by atoms with Crippen LogP contribution in [0.25, 0.3) is 0 Å². The molecule has 1 fully saturated rings. The average molecular weight is 350 g/mol. The second-order valence-corrected chi connectivity index (χ2v) is 7.97.